The predicted molar refractivity (Wildman–Crippen MR) is 68.6 cm³/mol. The van der Waals surface area contributed by atoms with Gasteiger partial charge in [0.25, 0.3) is 5.91 Å². The first-order valence-electron chi connectivity index (χ1n) is 6.33. The molecule has 0 aliphatic carbocycles. The molecule has 0 aromatic rings. The van der Waals surface area contributed by atoms with Crippen molar-refractivity contribution in [3.8, 4) is 0 Å². The third kappa shape index (κ3) is 4.44. The molecular formula is C12H21N3O3. The molecule has 0 saturated heterocycles. The van der Waals surface area contributed by atoms with Gasteiger partial charge in [-0.3, -0.25) is 14.6 Å². The van der Waals surface area contributed by atoms with Crippen LogP contribution >= 0.6 is 0 Å². The summed E-state index contributed by atoms with van der Waals surface area (Å²) in [6.07, 6.45) is 2.79. The summed E-state index contributed by atoms with van der Waals surface area (Å²) in [5.74, 6) is -0.832. The van der Waals surface area contributed by atoms with Gasteiger partial charge in [-0.05, 0) is 25.7 Å². The number of carboxylic acid groups (broad SMARTS) is 1. The van der Waals surface area contributed by atoms with E-state index >= 15 is 0 Å². The van der Waals surface area contributed by atoms with E-state index in [1.807, 2.05) is 6.92 Å². The van der Waals surface area contributed by atoms with Crippen LogP contribution in [-0.4, -0.2) is 41.8 Å². The molecule has 0 bridgehead atoms. The molecule has 1 heterocycles. The van der Waals surface area contributed by atoms with Gasteiger partial charge in [0.15, 0.2) is 0 Å². The number of carbonyl (C=O) groups is 2. The van der Waals surface area contributed by atoms with Crippen molar-refractivity contribution < 1.29 is 14.7 Å². The number of rotatable bonds is 7. The van der Waals surface area contributed by atoms with Crippen molar-refractivity contribution in [2.45, 2.75) is 38.6 Å². The van der Waals surface area contributed by atoms with E-state index in [2.05, 4.69) is 10.3 Å². The largest absolute Gasteiger partial charge is 0.480 e. The Labute approximate surface area is 107 Å². The number of hydrogen-bond donors (Lipinski definition) is 3. The van der Waals surface area contributed by atoms with Crippen LogP contribution in [0.4, 0.5) is 0 Å². The first-order valence-corrected chi connectivity index (χ1v) is 6.33. The second-order valence-electron chi connectivity index (χ2n) is 4.65. The minimum absolute atomic E-state index is 0.0949. The van der Waals surface area contributed by atoms with Gasteiger partial charge in [-0.15, -0.1) is 0 Å². The van der Waals surface area contributed by atoms with Gasteiger partial charge in [-0.2, -0.15) is 0 Å². The molecule has 4 N–H and O–H groups in total. The second-order valence-corrected chi connectivity index (χ2v) is 4.65. The molecule has 6 heteroatoms. The minimum Gasteiger partial charge on any atom is -0.480 e. The lowest BCUT2D eigenvalue weighted by Crippen LogP contribution is -2.34. The van der Waals surface area contributed by atoms with E-state index in [0.29, 0.717) is 25.1 Å². The molecule has 0 radical (unpaired) electrons. The van der Waals surface area contributed by atoms with Crippen molar-refractivity contribution in [2.24, 2.45) is 16.6 Å². The fourth-order valence-corrected chi connectivity index (χ4v) is 1.87. The lowest BCUT2D eigenvalue weighted by molar-refractivity contribution is -0.138. The number of nitrogens with one attached hydrogen (secondary N) is 1. The number of nitrogens with two attached hydrogens (primary N) is 1. The molecule has 1 aliphatic heterocycles. The van der Waals surface area contributed by atoms with Crippen molar-refractivity contribution in [1.29, 1.82) is 0 Å². The highest BCUT2D eigenvalue weighted by Crippen LogP contribution is 2.12. The fourth-order valence-electron chi connectivity index (χ4n) is 1.87. The fraction of sp³-hybridized carbons (Fsp3) is 0.750. The summed E-state index contributed by atoms with van der Waals surface area (Å²) >= 11 is 0. The van der Waals surface area contributed by atoms with Crippen LogP contribution in [0.25, 0.3) is 0 Å². The van der Waals surface area contributed by atoms with E-state index in [9.17, 15) is 9.59 Å². The number of aliphatic imine (C=N–C) groups is 1. The zero-order valence-corrected chi connectivity index (χ0v) is 10.7. The van der Waals surface area contributed by atoms with Crippen molar-refractivity contribution in [3.05, 3.63) is 0 Å². The summed E-state index contributed by atoms with van der Waals surface area (Å²) in [6, 6.07) is -0.806. The zero-order chi connectivity index (χ0) is 13.5. The maximum Gasteiger partial charge on any atom is 0.320 e. The van der Waals surface area contributed by atoms with Crippen molar-refractivity contribution in [1.82, 2.24) is 5.32 Å². The maximum absolute atomic E-state index is 11.7. The van der Waals surface area contributed by atoms with Crippen molar-refractivity contribution in [3.63, 3.8) is 0 Å². The molecule has 6 nitrogen and oxygen atoms in total. The molecule has 1 aliphatic rings. The van der Waals surface area contributed by atoms with Gasteiger partial charge in [0.1, 0.15) is 11.8 Å². The monoisotopic (exact) mass is 255 g/mol. The Bertz CT molecular complexity index is 341. The van der Waals surface area contributed by atoms with Crippen LogP contribution in [0.1, 0.15) is 32.6 Å². The van der Waals surface area contributed by atoms with E-state index in [1.54, 1.807) is 0 Å². The van der Waals surface area contributed by atoms with Crippen molar-refractivity contribution >= 4 is 17.6 Å². The molecule has 2 atom stereocenters. The van der Waals surface area contributed by atoms with Gasteiger partial charge in [-0.25, -0.2) is 0 Å². The molecule has 1 amide bonds. The van der Waals surface area contributed by atoms with E-state index in [1.165, 1.54) is 0 Å². The van der Waals surface area contributed by atoms with Crippen LogP contribution in [0.2, 0.25) is 0 Å². The Morgan fingerprint density at radius 1 is 1.56 bits per heavy atom. The Morgan fingerprint density at radius 3 is 2.83 bits per heavy atom. The Balaban J connectivity index is 2.11. The van der Waals surface area contributed by atoms with Crippen molar-refractivity contribution in [2.75, 3.05) is 13.1 Å². The summed E-state index contributed by atoms with van der Waals surface area (Å²) < 4.78 is 0. The molecule has 2 unspecified atom stereocenters. The first kappa shape index (κ1) is 14.6. The number of amides is 1. The highest BCUT2D eigenvalue weighted by molar-refractivity contribution is 6.40. The lowest BCUT2D eigenvalue weighted by atomic mass is 10.0. The summed E-state index contributed by atoms with van der Waals surface area (Å²) in [5.41, 5.74) is 6.01. The number of carboxylic acids is 1. The highest BCUT2D eigenvalue weighted by atomic mass is 16.4. The Hall–Kier alpha value is -1.43. The normalized spacial score (nSPS) is 20.3. The maximum atomic E-state index is 11.7. The molecule has 0 aromatic carbocycles. The van der Waals surface area contributed by atoms with Gasteiger partial charge in [-0.1, -0.05) is 6.92 Å². The molecule has 1 rings (SSSR count). The van der Waals surface area contributed by atoms with Gasteiger partial charge < -0.3 is 16.2 Å². The van der Waals surface area contributed by atoms with Crippen LogP contribution in [0.15, 0.2) is 4.99 Å². The van der Waals surface area contributed by atoms with Crippen LogP contribution in [0, 0.1) is 5.92 Å². The molecule has 0 aromatic heterocycles. The van der Waals surface area contributed by atoms with E-state index < -0.39 is 12.0 Å². The van der Waals surface area contributed by atoms with Crippen LogP contribution in [-0.2, 0) is 9.59 Å². The lowest BCUT2D eigenvalue weighted by Gasteiger charge is -2.09. The van der Waals surface area contributed by atoms with Gasteiger partial charge >= 0.3 is 5.97 Å². The Morgan fingerprint density at radius 2 is 2.28 bits per heavy atom. The summed E-state index contributed by atoms with van der Waals surface area (Å²) in [4.78, 5) is 26.3. The molecular weight excluding hydrogens is 234 g/mol. The Kier molecular flexibility index (Phi) is 5.77. The number of nitrogens with zero attached hydrogens (tertiary/aromatic N) is 1. The van der Waals surface area contributed by atoms with Gasteiger partial charge in [0.05, 0.1) is 0 Å². The average Bonchev–Trinajstić information content (AvgIpc) is 2.74. The number of unbranched alkanes of at least 4 members (excludes halogenated alkanes) is 1. The van der Waals surface area contributed by atoms with E-state index in [0.717, 1.165) is 19.4 Å². The molecule has 0 fully saturated rings. The topological polar surface area (TPSA) is 105 Å². The molecule has 0 saturated carbocycles. The number of hydrogen-bond acceptors (Lipinski definition) is 4. The summed E-state index contributed by atoms with van der Waals surface area (Å²) in [5, 5.41) is 11.4. The van der Waals surface area contributed by atoms with E-state index in [-0.39, 0.29) is 11.8 Å². The van der Waals surface area contributed by atoms with Gasteiger partial charge in [0.2, 0.25) is 0 Å². The van der Waals surface area contributed by atoms with Crippen LogP contribution in [0.3, 0.4) is 0 Å². The smallest absolute Gasteiger partial charge is 0.320 e. The highest BCUT2D eigenvalue weighted by Gasteiger charge is 2.22. The standard InChI is InChI=1S/C12H21N3O3/c1-8-5-7-14-10(8)11(16)15-6-3-2-4-9(13)12(17)18/h8-9H,2-7,13H2,1H3,(H,15,16)(H,17,18). The molecule has 102 valence electrons. The summed E-state index contributed by atoms with van der Waals surface area (Å²) in [6.45, 7) is 3.27. The number of aliphatic carboxylic acids is 1. The quantitative estimate of drug-likeness (QED) is 0.564. The summed E-state index contributed by atoms with van der Waals surface area (Å²) in [7, 11) is 0. The SMILES string of the molecule is CC1CCN=C1C(=O)NCCCCC(N)C(=O)O. The third-order valence-electron chi connectivity index (χ3n) is 3.09. The van der Waals surface area contributed by atoms with Crippen LogP contribution < -0.4 is 11.1 Å². The molecule has 18 heavy (non-hydrogen) atoms. The third-order valence-corrected chi connectivity index (χ3v) is 3.09. The zero-order valence-electron chi connectivity index (χ0n) is 10.7. The average molecular weight is 255 g/mol. The van der Waals surface area contributed by atoms with E-state index in [4.69, 9.17) is 10.8 Å². The number of carbonyl (C=O) groups excluding carboxylic acids is 1. The second kappa shape index (κ2) is 7.10. The predicted octanol–water partition coefficient (Wildman–Crippen LogP) is 0.166. The minimum atomic E-state index is -0.979. The first-order chi connectivity index (χ1) is 8.52. The van der Waals surface area contributed by atoms with Gasteiger partial charge in [0, 0.05) is 19.0 Å². The molecule has 0 spiro atoms. The van der Waals surface area contributed by atoms with Crippen LogP contribution in [0.5, 0.6) is 0 Å².